The molecule has 0 spiro atoms. The summed E-state index contributed by atoms with van der Waals surface area (Å²) in [5, 5.41) is 2.79. The van der Waals surface area contributed by atoms with Gasteiger partial charge in [-0.1, -0.05) is 18.2 Å². The molecular weight excluding hydrogens is 368 g/mol. The number of aromatic nitrogens is 1. The maximum atomic E-state index is 12.7. The van der Waals surface area contributed by atoms with E-state index in [1.165, 1.54) is 7.05 Å². The third-order valence-corrected chi connectivity index (χ3v) is 6.15. The molecule has 0 aliphatic carbocycles. The van der Waals surface area contributed by atoms with Crippen LogP contribution in [0.15, 0.2) is 48.8 Å². The van der Waals surface area contributed by atoms with Crippen LogP contribution in [0, 0.1) is 0 Å². The molecule has 2 aromatic rings. The molecule has 27 heavy (non-hydrogen) atoms. The Labute approximate surface area is 158 Å². The topological polar surface area (TPSA) is 101 Å². The molecule has 2 atom stereocenters. The largest absolute Gasteiger partial charge is 0.497 e. The van der Waals surface area contributed by atoms with Crippen molar-refractivity contribution in [2.75, 3.05) is 14.2 Å². The lowest BCUT2D eigenvalue weighted by molar-refractivity contribution is -0.125. The third-order valence-electron chi connectivity index (χ3n) is 4.56. The maximum Gasteiger partial charge on any atom is 0.280 e. The maximum absolute atomic E-state index is 12.7. The van der Waals surface area contributed by atoms with Gasteiger partial charge in [-0.3, -0.25) is 9.78 Å². The Morgan fingerprint density at radius 2 is 2.19 bits per heavy atom. The summed E-state index contributed by atoms with van der Waals surface area (Å²) in [6.45, 7) is 0.286. The number of pyridine rings is 1. The molecule has 1 aromatic heterocycles. The number of likely N-dealkylation sites (N-methyl/N-ethyl adjacent to an activating group) is 1. The zero-order chi connectivity index (χ0) is 19.4. The van der Waals surface area contributed by atoms with Gasteiger partial charge >= 0.3 is 0 Å². The zero-order valence-corrected chi connectivity index (χ0v) is 15.9. The summed E-state index contributed by atoms with van der Waals surface area (Å²) in [6, 6.07) is 9.44. The lowest BCUT2D eigenvalue weighted by Crippen LogP contribution is -2.57. The summed E-state index contributed by atoms with van der Waals surface area (Å²) in [7, 11) is -0.837. The summed E-state index contributed by atoms with van der Waals surface area (Å²) in [6.07, 6.45) is 3.61. The number of methoxy groups -OCH3 is 1. The van der Waals surface area contributed by atoms with Crippen LogP contribution in [0.3, 0.4) is 0 Å². The van der Waals surface area contributed by atoms with Crippen LogP contribution in [0.4, 0.5) is 0 Å². The van der Waals surface area contributed by atoms with Crippen molar-refractivity contribution in [1.29, 1.82) is 0 Å². The molecule has 1 aliphatic heterocycles. The van der Waals surface area contributed by atoms with Gasteiger partial charge in [-0.25, -0.2) is 0 Å². The van der Waals surface area contributed by atoms with Gasteiger partial charge in [0.15, 0.2) is 0 Å². The van der Waals surface area contributed by atoms with Crippen molar-refractivity contribution >= 4 is 16.1 Å². The predicted octanol–water partition coefficient (Wildman–Crippen LogP) is 0.986. The Morgan fingerprint density at radius 1 is 1.37 bits per heavy atom. The molecular formula is C18H22N4O4S. The molecule has 1 aromatic carbocycles. The Bertz CT molecular complexity index is 905. The van der Waals surface area contributed by atoms with Gasteiger partial charge in [-0.15, -0.1) is 0 Å². The van der Waals surface area contributed by atoms with Gasteiger partial charge in [0.25, 0.3) is 10.2 Å². The Hall–Kier alpha value is -2.49. The van der Waals surface area contributed by atoms with Crippen LogP contribution in [0.5, 0.6) is 5.75 Å². The number of rotatable bonds is 5. The monoisotopic (exact) mass is 390 g/mol. The van der Waals surface area contributed by atoms with E-state index in [0.717, 1.165) is 15.4 Å². The summed E-state index contributed by atoms with van der Waals surface area (Å²) in [4.78, 5) is 16.7. The van der Waals surface area contributed by atoms with Gasteiger partial charge in [0.2, 0.25) is 5.91 Å². The van der Waals surface area contributed by atoms with Gasteiger partial charge < -0.3 is 10.1 Å². The van der Waals surface area contributed by atoms with Gasteiger partial charge in [0.1, 0.15) is 11.8 Å². The fourth-order valence-electron chi connectivity index (χ4n) is 2.99. The molecule has 0 radical (unpaired) electrons. The van der Waals surface area contributed by atoms with E-state index in [0.29, 0.717) is 12.2 Å². The fraction of sp³-hybridized carbons (Fsp3) is 0.333. The highest BCUT2D eigenvalue weighted by Crippen LogP contribution is 2.29. The predicted molar refractivity (Wildman–Crippen MR) is 100 cm³/mol. The molecule has 2 N–H and O–H groups in total. The summed E-state index contributed by atoms with van der Waals surface area (Å²) < 4.78 is 33.9. The van der Waals surface area contributed by atoms with Crippen LogP contribution in [-0.2, 0) is 21.5 Å². The Kier molecular flexibility index (Phi) is 5.73. The number of hydrogen-bond donors (Lipinski definition) is 2. The summed E-state index contributed by atoms with van der Waals surface area (Å²) in [5.74, 6) is 0.280. The first kappa shape index (κ1) is 19.3. The number of ether oxygens (including phenoxy) is 1. The minimum absolute atomic E-state index is 0.286. The standard InChI is InChI=1S/C18H22N4O4S/c1-22-17(18(23)20-12-13-5-4-8-19-11-13)10-16(21-27(22,24)25)14-6-3-7-15(9-14)26-2/h3-9,11,16-17,21H,10,12H2,1-2H3,(H,20,23). The van der Waals surface area contributed by atoms with E-state index >= 15 is 0 Å². The average Bonchev–Trinajstić information content (AvgIpc) is 2.68. The lowest BCUT2D eigenvalue weighted by Gasteiger charge is -2.36. The van der Waals surface area contributed by atoms with E-state index in [2.05, 4.69) is 15.0 Å². The first-order chi connectivity index (χ1) is 12.9. The van der Waals surface area contributed by atoms with Gasteiger partial charge in [0.05, 0.1) is 13.2 Å². The van der Waals surface area contributed by atoms with Crippen molar-refractivity contribution in [2.45, 2.75) is 25.0 Å². The van der Waals surface area contributed by atoms with Crippen molar-refractivity contribution in [3.8, 4) is 5.75 Å². The molecule has 1 aliphatic rings. The molecule has 2 heterocycles. The number of carbonyl (C=O) groups is 1. The number of amides is 1. The highest BCUT2D eigenvalue weighted by molar-refractivity contribution is 7.87. The number of nitrogens with zero attached hydrogens (tertiary/aromatic N) is 2. The van der Waals surface area contributed by atoms with E-state index in [4.69, 9.17) is 4.74 Å². The molecule has 1 fully saturated rings. The summed E-state index contributed by atoms with van der Waals surface area (Å²) >= 11 is 0. The number of benzene rings is 1. The van der Waals surface area contributed by atoms with Gasteiger partial charge in [0, 0.05) is 26.0 Å². The normalized spacial score (nSPS) is 22.1. The Morgan fingerprint density at radius 3 is 2.89 bits per heavy atom. The number of nitrogens with one attached hydrogen (secondary N) is 2. The molecule has 2 unspecified atom stereocenters. The quantitative estimate of drug-likeness (QED) is 0.793. The molecule has 1 amide bonds. The van der Waals surface area contributed by atoms with E-state index in [1.54, 1.807) is 43.8 Å². The van der Waals surface area contributed by atoms with Crippen molar-refractivity contribution < 1.29 is 17.9 Å². The van der Waals surface area contributed by atoms with Crippen LogP contribution in [0.2, 0.25) is 0 Å². The average molecular weight is 390 g/mol. The lowest BCUT2D eigenvalue weighted by atomic mass is 9.99. The minimum atomic E-state index is -3.79. The molecule has 3 rings (SSSR count). The highest BCUT2D eigenvalue weighted by atomic mass is 32.2. The van der Waals surface area contributed by atoms with Crippen LogP contribution in [0.25, 0.3) is 0 Å². The van der Waals surface area contributed by atoms with Crippen molar-refractivity contribution in [3.63, 3.8) is 0 Å². The number of carbonyl (C=O) groups excluding carboxylic acids is 1. The van der Waals surface area contributed by atoms with Crippen molar-refractivity contribution in [2.24, 2.45) is 0 Å². The van der Waals surface area contributed by atoms with Crippen molar-refractivity contribution in [1.82, 2.24) is 19.3 Å². The zero-order valence-electron chi connectivity index (χ0n) is 15.1. The molecule has 1 saturated heterocycles. The fourth-order valence-corrected chi connectivity index (χ4v) is 4.27. The number of hydrogen-bond acceptors (Lipinski definition) is 5. The van der Waals surface area contributed by atoms with Crippen LogP contribution < -0.4 is 14.8 Å². The highest BCUT2D eigenvalue weighted by Gasteiger charge is 2.40. The van der Waals surface area contributed by atoms with Crippen LogP contribution in [0.1, 0.15) is 23.6 Å². The van der Waals surface area contributed by atoms with E-state index < -0.39 is 22.3 Å². The van der Waals surface area contributed by atoms with Crippen LogP contribution >= 0.6 is 0 Å². The molecule has 144 valence electrons. The van der Waals surface area contributed by atoms with E-state index in [1.807, 2.05) is 12.1 Å². The van der Waals surface area contributed by atoms with Crippen molar-refractivity contribution in [3.05, 3.63) is 59.9 Å². The van der Waals surface area contributed by atoms with E-state index in [-0.39, 0.29) is 12.5 Å². The SMILES string of the molecule is COc1cccc(C2CC(C(=O)NCc3cccnc3)N(C)S(=O)(=O)N2)c1. The molecule has 8 nitrogen and oxygen atoms in total. The second-order valence-corrected chi connectivity index (χ2v) is 8.06. The molecule has 9 heteroatoms. The van der Waals surface area contributed by atoms with E-state index in [9.17, 15) is 13.2 Å². The third kappa shape index (κ3) is 4.44. The Balaban J connectivity index is 1.77. The van der Waals surface area contributed by atoms with Gasteiger partial charge in [-0.2, -0.15) is 17.4 Å². The van der Waals surface area contributed by atoms with Crippen LogP contribution in [-0.4, -0.2) is 43.8 Å². The first-order valence-electron chi connectivity index (χ1n) is 8.46. The van der Waals surface area contributed by atoms with Gasteiger partial charge in [-0.05, 0) is 35.7 Å². The smallest absolute Gasteiger partial charge is 0.280 e. The second kappa shape index (κ2) is 8.03. The first-order valence-corrected chi connectivity index (χ1v) is 9.90. The molecule has 0 bridgehead atoms. The second-order valence-electron chi connectivity index (χ2n) is 6.30. The minimum Gasteiger partial charge on any atom is -0.497 e. The summed E-state index contributed by atoms with van der Waals surface area (Å²) in [5.41, 5.74) is 1.59. The molecule has 0 saturated carbocycles.